The van der Waals surface area contributed by atoms with Crippen LogP contribution in [0, 0.1) is 5.92 Å². The van der Waals surface area contributed by atoms with Gasteiger partial charge in [-0.1, -0.05) is 19.1 Å². The quantitative estimate of drug-likeness (QED) is 0.806. The molecule has 1 fully saturated rings. The van der Waals surface area contributed by atoms with Crippen LogP contribution in [0.3, 0.4) is 0 Å². The van der Waals surface area contributed by atoms with E-state index in [4.69, 9.17) is 9.47 Å². The number of benzene rings is 2. The largest absolute Gasteiger partial charge is 0.508 e. The molecule has 2 aliphatic heterocycles. The van der Waals surface area contributed by atoms with Gasteiger partial charge >= 0.3 is 0 Å². The summed E-state index contributed by atoms with van der Waals surface area (Å²) in [6.45, 7) is 7.65. The molecule has 2 heterocycles. The summed E-state index contributed by atoms with van der Waals surface area (Å²) in [7, 11) is 0. The Morgan fingerprint density at radius 1 is 1.26 bits per heavy atom. The predicted octanol–water partition coefficient (Wildman–Crippen LogP) is 4.73. The van der Waals surface area contributed by atoms with Gasteiger partial charge in [0, 0.05) is 18.3 Å². The van der Waals surface area contributed by atoms with Crippen molar-refractivity contribution in [3.05, 3.63) is 48.0 Å². The van der Waals surface area contributed by atoms with E-state index < -0.39 is 0 Å². The average Bonchev–Trinajstić information content (AvgIpc) is 3.12. The van der Waals surface area contributed by atoms with Crippen molar-refractivity contribution in [3.8, 4) is 17.2 Å². The van der Waals surface area contributed by atoms with Gasteiger partial charge < -0.3 is 14.6 Å². The standard InChI is InChI=1S/C22H27NO3S/c1-15-9-10-23(12-15)16(2)13-25-19-6-3-17(4-7-19)21-14-27-22-11-18(24)5-8-20(22)26-21/h3-8,11,15-16,21,24H,9-10,12-14H2,1-2H3/t15?,16?,21-/m1/s1. The molecule has 0 spiro atoms. The Morgan fingerprint density at radius 2 is 2.07 bits per heavy atom. The van der Waals surface area contributed by atoms with E-state index in [-0.39, 0.29) is 11.9 Å². The molecule has 2 aliphatic rings. The first-order valence-corrected chi connectivity index (χ1v) is 10.7. The summed E-state index contributed by atoms with van der Waals surface area (Å²) >= 11 is 1.72. The van der Waals surface area contributed by atoms with Gasteiger partial charge in [0.25, 0.3) is 0 Å². The number of nitrogens with zero attached hydrogens (tertiary/aromatic N) is 1. The maximum atomic E-state index is 9.59. The van der Waals surface area contributed by atoms with E-state index in [1.807, 2.05) is 18.2 Å². The van der Waals surface area contributed by atoms with Crippen molar-refractivity contribution in [1.29, 1.82) is 0 Å². The fraction of sp³-hybridized carbons (Fsp3) is 0.455. The van der Waals surface area contributed by atoms with Crippen molar-refractivity contribution in [2.45, 2.75) is 37.3 Å². The zero-order valence-electron chi connectivity index (χ0n) is 15.9. The number of phenolic OH excluding ortho intramolecular Hbond substituents is 1. The predicted molar refractivity (Wildman–Crippen MR) is 109 cm³/mol. The molecule has 0 bridgehead atoms. The number of likely N-dealkylation sites (tertiary alicyclic amines) is 1. The van der Waals surface area contributed by atoms with Crippen molar-refractivity contribution in [1.82, 2.24) is 4.90 Å². The van der Waals surface area contributed by atoms with Crippen LogP contribution in [0.15, 0.2) is 47.4 Å². The van der Waals surface area contributed by atoms with Gasteiger partial charge in [0.1, 0.15) is 30.0 Å². The molecule has 5 heteroatoms. The van der Waals surface area contributed by atoms with Crippen LogP contribution >= 0.6 is 11.8 Å². The monoisotopic (exact) mass is 385 g/mol. The first-order valence-electron chi connectivity index (χ1n) is 9.68. The van der Waals surface area contributed by atoms with Crippen molar-refractivity contribution in [3.63, 3.8) is 0 Å². The van der Waals surface area contributed by atoms with Crippen LogP contribution in [-0.2, 0) is 0 Å². The molecule has 2 aromatic carbocycles. The highest BCUT2D eigenvalue weighted by Gasteiger charge is 2.24. The third-order valence-corrected chi connectivity index (χ3v) is 6.51. The highest BCUT2D eigenvalue weighted by molar-refractivity contribution is 7.99. The van der Waals surface area contributed by atoms with Crippen molar-refractivity contribution in [2.75, 3.05) is 25.4 Å². The van der Waals surface area contributed by atoms with Crippen molar-refractivity contribution in [2.24, 2.45) is 5.92 Å². The van der Waals surface area contributed by atoms with Crippen molar-refractivity contribution < 1.29 is 14.6 Å². The summed E-state index contributed by atoms with van der Waals surface area (Å²) in [4.78, 5) is 3.51. The molecular weight excluding hydrogens is 358 g/mol. The topological polar surface area (TPSA) is 41.9 Å². The van der Waals surface area contributed by atoms with Crippen LogP contribution in [0.2, 0.25) is 0 Å². The van der Waals surface area contributed by atoms with Gasteiger partial charge in [0.15, 0.2) is 0 Å². The Balaban J connectivity index is 1.33. The maximum absolute atomic E-state index is 9.59. The molecule has 2 aromatic rings. The third kappa shape index (κ3) is 4.36. The van der Waals surface area contributed by atoms with E-state index in [1.165, 1.54) is 19.5 Å². The number of aromatic hydroxyl groups is 1. The molecule has 27 heavy (non-hydrogen) atoms. The van der Waals surface area contributed by atoms with Gasteiger partial charge in [0.05, 0.1) is 4.90 Å². The molecule has 0 amide bonds. The second kappa shape index (κ2) is 8.03. The Labute approximate surface area is 165 Å². The number of ether oxygens (including phenoxy) is 2. The Hall–Kier alpha value is -1.85. The van der Waals surface area contributed by atoms with Gasteiger partial charge in [0.2, 0.25) is 0 Å². The fourth-order valence-corrected chi connectivity index (χ4v) is 4.75. The number of fused-ring (bicyclic) bond motifs is 1. The molecular formula is C22H27NO3S. The van der Waals surface area contributed by atoms with Crippen LogP contribution in [0.25, 0.3) is 0 Å². The third-order valence-electron chi connectivity index (χ3n) is 5.41. The number of rotatable bonds is 5. The van der Waals surface area contributed by atoms with Gasteiger partial charge in [-0.25, -0.2) is 0 Å². The summed E-state index contributed by atoms with van der Waals surface area (Å²) in [6.07, 6.45) is 1.31. The molecule has 0 aliphatic carbocycles. The molecule has 4 nitrogen and oxygen atoms in total. The van der Waals surface area contributed by atoms with E-state index in [1.54, 1.807) is 23.9 Å². The molecule has 144 valence electrons. The highest BCUT2D eigenvalue weighted by atomic mass is 32.2. The van der Waals surface area contributed by atoms with Crippen LogP contribution in [0.1, 0.15) is 31.9 Å². The van der Waals surface area contributed by atoms with Gasteiger partial charge in [-0.05, 0) is 61.7 Å². The second-order valence-electron chi connectivity index (χ2n) is 7.67. The molecule has 1 saturated heterocycles. The van der Waals surface area contributed by atoms with E-state index in [9.17, 15) is 5.11 Å². The van der Waals surface area contributed by atoms with Gasteiger partial charge in [-0.3, -0.25) is 4.90 Å². The molecule has 4 rings (SSSR count). The molecule has 3 atom stereocenters. The lowest BCUT2D eigenvalue weighted by molar-refractivity contribution is 0.169. The minimum absolute atomic E-state index is 0.0195. The Bertz CT molecular complexity index is 780. The lowest BCUT2D eigenvalue weighted by Crippen LogP contribution is -2.35. The zero-order valence-corrected chi connectivity index (χ0v) is 16.7. The summed E-state index contributed by atoms with van der Waals surface area (Å²) < 4.78 is 12.1. The van der Waals surface area contributed by atoms with E-state index in [0.717, 1.165) is 40.2 Å². The Kier molecular flexibility index (Phi) is 5.50. The molecule has 0 aromatic heterocycles. The number of phenols is 1. The van der Waals surface area contributed by atoms with Gasteiger partial charge in [-0.15, -0.1) is 11.8 Å². The van der Waals surface area contributed by atoms with E-state index in [2.05, 4.69) is 30.9 Å². The smallest absolute Gasteiger partial charge is 0.134 e. The van der Waals surface area contributed by atoms with E-state index in [0.29, 0.717) is 6.04 Å². The summed E-state index contributed by atoms with van der Waals surface area (Å²) in [5.74, 6) is 3.66. The number of hydrogen-bond acceptors (Lipinski definition) is 5. The SMILES string of the molecule is CC1CCN(C(C)COc2ccc([C@H]3CSc4cc(O)ccc4O3)cc2)C1. The lowest BCUT2D eigenvalue weighted by atomic mass is 10.1. The first-order chi connectivity index (χ1) is 13.1. The summed E-state index contributed by atoms with van der Waals surface area (Å²) in [5, 5.41) is 9.59. The second-order valence-corrected chi connectivity index (χ2v) is 8.73. The zero-order chi connectivity index (χ0) is 18.8. The van der Waals surface area contributed by atoms with Gasteiger partial charge in [-0.2, -0.15) is 0 Å². The number of hydrogen-bond donors (Lipinski definition) is 1. The molecule has 0 radical (unpaired) electrons. The fourth-order valence-electron chi connectivity index (χ4n) is 3.69. The highest BCUT2D eigenvalue weighted by Crippen LogP contribution is 2.42. The van der Waals surface area contributed by atoms with Crippen LogP contribution in [0.5, 0.6) is 17.2 Å². The number of thioether (sulfide) groups is 1. The lowest BCUT2D eigenvalue weighted by Gasteiger charge is -2.26. The maximum Gasteiger partial charge on any atom is 0.134 e. The van der Waals surface area contributed by atoms with E-state index >= 15 is 0 Å². The van der Waals surface area contributed by atoms with Crippen LogP contribution in [0.4, 0.5) is 0 Å². The minimum Gasteiger partial charge on any atom is -0.508 e. The van der Waals surface area contributed by atoms with Crippen LogP contribution < -0.4 is 9.47 Å². The summed E-state index contributed by atoms with van der Waals surface area (Å²) in [6, 6.07) is 14.0. The van der Waals surface area contributed by atoms with Crippen molar-refractivity contribution >= 4 is 11.8 Å². The average molecular weight is 386 g/mol. The molecule has 1 N–H and O–H groups in total. The molecule has 0 saturated carbocycles. The minimum atomic E-state index is 0.0195. The molecule has 2 unspecified atom stereocenters. The normalized spacial score (nSPS) is 23.5. The van der Waals surface area contributed by atoms with Crippen LogP contribution in [-0.4, -0.2) is 41.5 Å². The summed E-state index contributed by atoms with van der Waals surface area (Å²) in [5.41, 5.74) is 1.15. The first kappa shape index (κ1) is 18.5. The Morgan fingerprint density at radius 3 is 2.81 bits per heavy atom.